The molecular weight excluding hydrogens is 621 g/mol. The molecule has 13 heteroatoms. The molecule has 11 nitrogen and oxygen atoms in total. The number of amides is 1. The number of hydrogen-bond acceptors (Lipinski definition) is 11. The summed E-state index contributed by atoms with van der Waals surface area (Å²) in [5.41, 5.74) is 0.974. The van der Waals surface area contributed by atoms with Gasteiger partial charge in [-0.2, -0.15) is 0 Å². The Morgan fingerprint density at radius 2 is 1.67 bits per heavy atom. The average molecular weight is 658 g/mol. The number of fused-ring (bicyclic) bond motifs is 2. The zero-order valence-corrected chi connectivity index (χ0v) is 27.0. The van der Waals surface area contributed by atoms with E-state index in [1.807, 2.05) is 6.07 Å². The molecule has 0 radical (unpaired) electrons. The normalized spacial score (nSPS) is 16.5. The van der Waals surface area contributed by atoms with Crippen molar-refractivity contribution in [3.63, 3.8) is 0 Å². The zero-order valence-electron chi connectivity index (χ0n) is 26.1. The summed E-state index contributed by atoms with van der Waals surface area (Å²) >= 11 is 1.34. The lowest BCUT2D eigenvalue weighted by atomic mass is 10.1. The molecule has 0 spiro atoms. The van der Waals surface area contributed by atoms with Crippen LogP contribution in [-0.4, -0.2) is 69.7 Å². The number of halogens is 1. The van der Waals surface area contributed by atoms with Crippen LogP contribution in [0.4, 0.5) is 4.39 Å². The lowest BCUT2D eigenvalue weighted by Crippen LogP contribution is -2.26. The summed E-state index contributed by atoms with van der Waals surface area (Å²) in [6.45, 7) is 2.57. The van der Waals surface area contributed by atoms with E-state index < -0.39 is 11.8 Å². The van der Waals surface area contributed by atoms with Gasteiger partial charge >= 0.3 is 11.9 Å². The Morgan fingerprint density at radius 1 is 0.913 bits per heavy atom. The van der Waals surface area contributed by atoms with Gasteiger partial charge in [-0.3, -0.25) is 19.2 Å². The first-order valence-electron chi connectivity index (χ1n) is 15.0. The maximum atomic E-state index is 15.6. The number of esters is 2. The van der Waals surface area contributed by atoms with Crippen molar-refractivity contribution < 1.29 is 52.0 Å². The van der Waals surface area contributed by atoms with Crippen LogP contribution in [0.5, 0.6) is 23.0 Å². The molecule has 1 aromatic heterocycles. The molecule has 2 aromatic carbocycles. The second kappa shape index (κ2) is 14.4. The second-order valence-electron chi connectivity index (χ2n) is 11.0. The van der Waals surface area contributed by atoms with E-state index in [0.29, 0.717) is 40.3 Å². The highest BCUT2D eigenvalue weighted by Gasteiger charge is 2.49. The van der Waals surface area contributed by atoms with Crippen molar-refractivity contribution in [3.8, 4) is 23.0 Å². The number of Topliss-reactive ketones (excluding diaryl/α,β-unsaturated/α-hetero) is 1. The van der Waals surface area contributed by atoms with Gasteiger partial charge in [-0.05, 0) is 42.5 Å². The van der Waals surface area contributed by atoms with Gasteiger partial charge in [-0.1, -0.05) is 0 Å². The van der Waals surface area contributed by atoms with Gasteiger partial charge in [-0.15, -0.1) is 11.3 Å². The highest BCUT2D eigenvalue weighted by atomic mass is 32.1. The molecule has 246 valence electrons. The van der Waals surface area contributed by atoms with Crippen molar-refractivity contribution >= 4 is 45.1 Å². The van der Waals surface area contributed by atoms with Crippen molar-refractivity contribution in [2.75, 3.05) is 41.2 Å². The van der Waals surface area contributed by atoms with Gasteiger partial charge in [0.1, 0.15) is 0 Å². The summed E-state index contributed by atoms with van der Waals surface area (Å²) in [6.07, 6.45) is 0.853. The summed E-state index contributed by atoms with van der Waals surface area (Å²) in [5, 5.41) is 0.814. The molecular formula is C33H36FNO10S. The first-order valence-corrected chi connectivity index (χ1v) is 15.8. The largest absolute Gasteiger partial charge is 0.493 e. The zero-order chi connectivity index (χ0) is 33.0. The SMILES string of the molecule is CCOC(=O)CCC(=O)N1Cc2cc(OC)c(OCCCOc3cc4cc(C(=O)[C@@H]5C[C@H]5C(=O)OC)sc4cc3OC)c(F)c2C1. The number of nitrogens with zero attached hydrogens (tertiary/aromatic N) is 1. The van der Waals surface area contributed by atoms with Crippen molar-refractivity contribution in [2.45, 2.75) is 45.7 Å². The molecule has 2 aliphatic rings. The van der Waals surface area contributed by atoms with Crippen LogP contribution in [0.15, 0.2) is 24.3 Å². The molecule has 0 saturated heterocycles. The summed E-state index contributed by atoms with van der Waals surface area (Å²) in [4.78, 5) is 51.0. The fraction of sp³-hybridized carbons (Fsp3) is 0.455. The Labute approximate surface area is 269 Å². The second-order valence-corrected chi connectivity index (χ2v) is 12.0. The van der Waals surface area contributed by atoms with E-state index in [2.05, 4.69) is 0 Å². The number of carbonyl (C=O) groups excluding carboxylic acids is 4. The summed E-state index contributed by atoms with van der Waals surface area (Å²) in [7, 11) is 4.27. The molecule has 1 aliphatic heterocycles. The maximum Gasteiger partial charge on any atom is 0.309 e. The van der Waals surface area contributed by atoms with E-state index in [1.54, 1.807) is 25.1 Å². The lowest BCUT2D eigenvalue weighted by molar-refractivity contribution is -0.145. The van der Waals surface area contributed by atoms with E-state index in [9.17, 15) is 19.2 Å². The third kappa shape index (κ3) is 7.04. The molecule has 1 amide bonds. The Bertz CT molecular complexity index is 1650. The Kier molecular flexibility index (Phi) is 10.3. The third-order valence-corrected chi connectivity index (χ3v) is 9.09. The monoisotopic (exact) mass is 657 g/mol. The fourth-order valence-electron chi connectivity index (χ4n) is 5.46. The van der Waals surface area contributed by atoms with Crippen LogP contribution < -0.4 is 18.9 Å². The van der Waals surface area contributed by atoms with Gasteiger partial charge in [0.15, 0.2) is 34.6 Å². The standard InChI is InChI=1S/C33H36FNO10S/c1-5-43-29(37)8-7-28(36)35-16-19-12-25(41-3)32(30(34)22(19)17-35)45-10-6-9-44-24-11-18-13-27(46-26(18)15-23(24)40-2)31(38)20-14-21(20)33(39)42-4/h11-13,15,20-21H,5-10,14,16-17H2,1-4H3/t20-,21-/m1/s1. The van der Waals surface area contributed by atoms with Gasteiger partial charge in [0.2, 0.25) is 5.91 Å². The van der Waals surface area contributed by atoms with Crippen LogP contribution in [-0.2, 0) is 36.9 Å². The fourth-order valence-corrected chi connectivity index (χ4v) is 6.54. The summed E-state index contributed by atoms with van der Waals surface area (Å²) in [6, 6.07) is 7.07. The van der Waals surface area contributed by atoms with E-state index in [4.69, 9.17) is 28.4 Å². The molecule has 3 aromatic rings. The number of thiophene rings is 1. The minimum atomic E-state index is -0.588. The number of ether oxygens (including phenoxy) is 6. The first kappa shape index (κ1) is 33.0. The van der Waals surface area contributed by atoms with Crippen molar-refractivity contribution in [2.24, 2.45) is 11.8 Å². The molecule has 0 bridgehead atoms. The van der Waals surface area contributed by atoms with Crippen molar-refractivity contribution in [1.29, 1.82) is 0 Å². The Hall–Kier alpha value is -4.39. The highest BCUT2D eigenvalue weighted by Crippen LogP contribution is 2.45. The predicted octanol–water partition coefficient (Wildman–Crippen LogP) is 5.08. The number of hydrogen-bond donors (Lipinski definition) is 0. The van der Waals surface area contributed by atoms with Gasteiger partial charge < -0.3 is 33.3 Å². The van der Waals surface area contributed by atoms with Crippen molar-refractivity contribution in [1.82, 2.24) is 4.90 Å². The van der Waals surface area contributed by atoms with Crippen LogP contribution in [0.3, 0.4) is 0 Å². The van der Waals surface area contributed by atoms with E-state index >= 15 is 4.39 Å². The molecule has 0 unspecified atom stereocenters. The molecule has 0 N–H and O–H groups in total. The molecule has 46 heavy (non-hydrogen) atoms. The topological polar surface area (TPSA) is 127 Å². The molecule has 1 saturated carbocycles. The number of ketones is 1. The molecule has 2 atom stereocenters. The molecule has 1 fully saturated rings. The summed E-state index contributed by atoms with van der Waals surface area (Å²) in [5.74, 6) is -1.30. The van der Waals surface area contributed by atoms with E-state index in [1.165, 1.54) is 37.6 Å². The first-order chi connectivity index (χ1) is 22.2. The van der Waals surface area contributed by atoms with Crippen LogP contribution in [0, 0.1) is 17.7 Å². The van der Waals surface area contributed by atoms with Crippen LogP contribution >= 0.6 is 11.3 Å². The van der Waals surface area contributed by atoms with Gasteiger partial charge in [0.25, 0.3) is 0 Å². The van der Waals surface area contributed by atoms with E-state index in [-0.39, 0.29) is 86.7 Å². The van der Waals surface area contributed by atoms with Gasteiger partial charge in [0.05, 0.1) is 58.4 Å². The average Bonchev–Trinajstić information content (AvgIpc) is 3.56. The van der Waals surface area contributed by atoms with Gasteiger partial charge in [-0.25, -0.2) is 4.39 Å². The maximum absolute atomic E-state index is 15.6. The van der Waals surface area contributed by atoms with E-state index in [0.717, 1.165) is 10.1 Å². The number of carbonyl (C=O) groups is 4. The highest BCUT2D eigenvalue weighted by molar-refractivity contribution is 7.20. The molecule has 5 rings (SSSR count). The quantitative estimate of drug-likeness (QED) is 0.124. The Morgan fingerprint density at radius 3 is 2.39 bits per heavy atom. The number of rotatable bonds is 15. The van der Waals surface area contributed by atoms with Gasteiger partial charge in [0, 0.05) is 48.2 Å². The predicted molar refractivity (Wildman–Crippen MR) is 165 cm³/mol. The molecule has 1 aliphatic carbocycles. The van der Waals surface area contributed by atoms with Crippen LogP contribution in [0.1, 0.15) is 53.4 Å². The summed E-state index contributed by atoms with van der Waals surface area (Å²) < 4.78 is 48.7. The smallest absolute Gasteiger partial charge is 0.309 e. The molecule has 2 heterocycles. The van der Waals surface area contributed by atoms with Crippen LogP contribution in [0.2, 0.25) is 0 Å². The van der Waals surface area contributed by atoms with Crippen molar-refractivity contribution in [3.05, 3.63) is 46.1 Å². The number of benzene rings is 2. The minimum absolute atomic E-state index is 0.0176. The minimum Gasteiger partial charge on any atom is -0.493 e. The van der Waals surface area contributed by atoms with Crippen LogP contribution in [0.25, 0.3) is 10.1 Å². The third-order valence-electron chi connectivity index (χ3n) is 7.98. The Balaban J connectivity index is 1.17. The lowest BCUT2D eigenvalue weighted by Gasteiger charge is -2.15. The number of methoxy groups -OCH3 is 3.